The lowest BCUT2D eigenvalue weighted by Gasteiger charge is -2.14. The molecule has 4 aromatic heterocycles. The number of methoxy groups -OCH3 is 1. The molecule has 0 aromatic carbocycles. The molecule has 29 heavy (non-hydrogen) atoms. The minimum atomic E-state index is 0.0246. The van der Waals surface area contributed by atoms with Crippen molar-refractivity contribution < 1.29 is 9.84 Å². The van der Waals surface area contributed by atoms with E-state index in [4.69, 9.17) is 9.84 Å². The van der Waals surface area contributed by atoms with Gasteiger partial charge in [-0.25, -0.2) is 19.6 Å². The topological polar surface area (TPSA) is 98.0 Å². The highest BCUT2D eigenvalue weighted by atomic mass is 32.1. The van der Waals surface area contributed by atoms with Gasteiger partial charge in [-0.05, 0) is 17.5 Å². The van der Waals surface area contributed by atoms with Gasteiger partial charge in [-0.15, -0.1) is 11.3 Å². The molecule has 0 bridgehead atoms. The van der Waals surface area contributed by atoms with Crippen LogP contribution in [0, 0.1) is 0 Å². The SMILES string of the molecule is COc1sccc1C(C)CNc1cc(-c2cnc3c(cnn3CCO)c2)ncn1. The number of hydrogen-bond donors (Lipinski definition) is 2. The Morgan fingerprint density at radius 3 is 2.97 bits per heavy atom. The van der Waals surface area contributed by atoms with Crippen molar-refractivity contribution in [3.05, 3.63) is 47.9 Å². The van der Waals surface area contributed by atoms with E-state index in [1.54, 1.807) is 41.8 Å². The standard InChI is InChI=1S/C20H22N6O2S/c1-13(16-3-6-29-20(16)28-2)9-21-18-8-17(23-12-24-18)14-7-15-11-25-26(4-5-27)19(15)22-10-14/h3,6-8,10-13,27H,4-5,9H2,1-2H3,(H,21,23,24). The molecule has 9 heteroatoms. The Hall–Kier alpha value is -3.04. The molecule has 0 spiro atoms. The lowest BCUT2D eigenvalue weighted by Crippen LogP contribution is -2.11. The van der Waals surface area contributed by atoms with Gasteiger partial charge in [-0.3, -0.25) is 0 Å². The molecule has 4 aromatic rings. The van der Waals surface area contributed by atoms with E-state index in [2.05, 4.69) is 38.4 Å². The van der Waals surface area contributed by atoms with Gasteiger partial charge < -0.3 is 15.2 Å². The number of anilines is 1. The summed E-state index contributed by atoms with van der Waals surface area (Å²) in [5.74, 6) is 1.04. The fourth-order valence-electron chi connectivity index (χ4n) is 3.19. The molecule has 0 aliphatic rings. The summed E-state index contributed by atoms with van der Waals surface area (Å²) < 4.78 is 7.11. The Morgan fingerprint density at radius 1 is 1.24 bits per heavy atom. The van der Waals surface area contributed by atoms with E-state index in [0.29, 0.717) is 6.54 Å². The molecule has 0 aliphatic carbocycles. The number of hydrogen-bond acceptors (Lipinski definition) is 8. The zero-order valence-electron chi connectivity index (χ0n) is 16.2. The number of rotatable bonds is 8. The first-order valence-corrected chi connectivity index (χ1v) is 10.2. The van der Waals surface area contributed by atoms with Crippen LogP contribution < -0.4 is 10.1 Å². The van der Waals surface area contributed by atoms with Crippen molar-refractivity contribution in [1.29, 1.82) is 0 Å². The number of aromatic nitrogens is 5. The normalized spacial score (nSPS) is 12.2. The molecular formula is C20H22N6O2S. The minimum absolute atomic E-state index is 0.0246. The lowest BCUT2D eigenvalue weighted by atomic mass is 10.0. The van der Waals surface area contributed by atoms with Gasteiger partial charge in [0, 0.05) is 41.2 Å². The van der Waals surface area contributed by atoms with Crippen LogP contribution in [0.4, 0.5) is 5.82 Å². The molecule has 0 fully saturated rings. The van der Waals surface area contributed by atoms with Crippen molar-refractivity contribution >= 4 is 28.2 Å². The van der Waals surface area contributed by atoms with E-state index in [1.165, 1.54) is 5.56 Å². The van der Waals surface area contributed by atoms with Crippen LogP contribution in [0.3, 0.4) is 0 Å². The number of thiophene rings is 1. The van der Waals surface area contributed by atoms with E-state index in [-0.39, 0.29) is 12.5 Å². The zero-order valence-corrected chi connectivity index (χ0v) is 17.1. The Kier molecular flexibility index (Phi) is 5.68. The van der Waals surface area contributed by atoms with E-state index < -0.39 is 0 Å². The predicted octanol–water partition coefficient (Wildman–Crippen LogP) is 3.17. The van der Waals surface area contributed by atoms with Gasteiger partial charge >= 0.3 is 0 Å². The van der Waals surface area contributed by atoms with Crippen LogP contribution in [0.2, 0.25) is 0 Å². The summed E-state index contributed by atoms with van der Waals surface area (Å²) in [6.45, 7) is 3.33. The van der Waals surface area contributed by atoms with Gasteiger partial charge in [0.1, 0.15) is 12.1 Å². The van der Waals surface area contributed by atoms with Crippen LogP contribution in [-0.2, 0) is 6.54 Å². The summed E-state index contributed by atoms with van der Waals surface area (Å²) in [7, 11) is 1.70. The fourth-order valence-corrected chi connectivity index (χ4v) is 4.03. The molecule has 2 N–H and O–H groups in total. The molecule has 0 saturated carbocycles. The van der Waals surface area contributed by atoms with Crippen LogP contribution in [0.1, 0.15) is 18.4 Å². The van der Waals surface area contributed by atoms with Crippen LogP contribution in [-0.4, -0.2) is 50.1 Å². The second-order valence-electron chi connectivity index (χ2n) is 6.67. The third-order valence-corrected chi connectivity index (χ3v) is 5.60. The maximum atomic E-state index is 9.12. The number of aliphatic hydroxyl groups is 1. The average molecular weight is 411 g/mol. The highest BCUT2D eigenvalue weighted by molar-refractivity contribution is 7.12. The van der Waals surface area contributed by atoms with Crippen molar-refractivity contribution in [2.75, 3.05) is 25.6 Å². The maximum Gasteiger partial charge on any atom is 0.176 e. The van der Waals surface area contributed by atoms with Crippen molar-refractivity contribution in [3.8, 4) is 16.3 Å². The lowest BCUT2D eigenvalue weighted by molar-refractivity contribution is 0.271. The Balaban J connectivity index is 1.50. The molecule has 0 saturated heterocycles. The summed E-state index contributed by atoms with van der Waals surface area (Å²) in [5, 5.41) is 20.7. The summed E-state index contributed by atoms with van der Waals surface area (Å²) in [6.07, 6.45) is 5.06. The number of pyridine rings is 1. The minimum Gasteiger partial charge on any atom is -0.487 e. The van der Waals surface area contributed by atoms with Crippen LogP contribution in [0.15, 0.2) is 42.3 Å². The Bertz CT molecular complexity index is 1110. The first-order chi connectivity index (χ1) is 14.2. The molecular weight excluding hydrogens is 388 g/mol. The van der Waals surface area contributed by atoms with Gasteiger partial charge in [0.05, 0.1) is 32.2 Å². The third kappa shape index (κ3) is 4.06. The van der Waals surface area contributed by atoms with Crippen molar-refractivity contribution in [2.45, 2.75) is 19.4 Å². The number of fused-ring (bicyclic) bond motifs is 1. The van der Waals surface area contributed by atoms with Gasteiger partial charge in [0.15, 0.2) is 10.7 Å². The molecule has 150 valence electrons. The molecule has 0 amide bonds. The Labute approximate surface area is 172 Å². The molecule has 4 heterocycles. The van der Waals surface area contributed by atoms with Crippen LogP contribution in [0.25, 0.3) is 22.3 Å². The summed E-state index contributed by atoms with van der Waals surface area (Å²) >= 11 is 1.60. The monoisotopic (exact) mass is 410 g/mol. The first-order valence-electron chi connectivity index (χ1n) is 9.29. The van der Waals surface area contributed by atoms with Crippen molar-refractivity contribution in [3.63, 3.8) is 0 Å². The largest absolute Gasteiger partial charge is 0.487 e. The second-order valence-corrected chi connectivity index (χ2v) is 7.54. The number of nitrogens with zero attached hydrogens (tertiary/aromatic N) is 5. The van der Waals surface area contributed by atoms with Gasteiger partial charge in [0.25, 0.3) is 0 Å². The molecule has 0 radical (unpaired) electrons. The van der Waals surface area contributed by atoms with Gasteiger partial charge in [0.2, 0.25) is 0 Å². The quantitative estimate of drug-likeness (QED) is 0.460. The smallest absolute Gasteiger partial charge is 0.176 e. The molecule has 8 nitrogen and oxygen atoms in total. The van der Waals surface area contributed by atoms with E-state index in [0.717, 1.165) is 39.7 Å². The number of aliphatic hydroxyl groups excluding tert-OH is 1. The summed E-state index contributed by atoms with van der Waals surface area (Å²) in [6, 6.07) is 6.01. The van der Waals surface area contributed by atoms with Gasteiger partial charge in [-0.1, -0.05) is 6.92 Å². The molecule has 4 rings (SSSR count). The maximum absolute atomic E-state index is 9.12. The summed E-state index contributed by atoms with van der Waals surface area (Å²) in [4.78, 5) is 13.2. The van der Waals surface area contributed by atoms with Gasteiger partial charge in [-0.2, -0.15) is 5.10 Å². The van der Waals surface area contributed by atoms with Crippen LogP contribution in [0.5, 0.6) is 5.06 Å². The van der Waals surface area contributed by atoms with E-state index in [9.17, 15) is 0 Å². The zero-order chi connectivity index (χ0) is 20.2. The van der Waals surface area contributed by atoms with E-state index >= 15 is 0 Å². The van der Waals surface area contributed by atoms with E-state index in [1.807, 2.05) is 17.5 Å². The van der Waals surface area contributed by atoms with Crippen molar-refractivity contribution in [1.82, 2.24) is 24.7 Å². The Morgan fingerprint density at radius 2 is 2.14 bits per heavy atom. The third-order valence-electron chi connectivity index (χ3n) is 4.71. The number of ether oxygens (including phenoxy) is 1. The number of nitrogens with one attached hydrogen (secondary N) is 1. The molecule has 0 aliphatic heterocycles. The second kappa shape index (κ2) is 8.54. The molecule has 1 unspecified atom stereocenters. The molecule has 1 atom stereocenters. The predicted molar refractivity (Wildman–Crippen MR) is 113 cm³/mol. The summed E-state index contributed by atoms with van der Waals surface area (Å²) in [5.41, 5.74) is 3.61. The van der Waals surface area contributed by atoms with Crippen molar-refractivity contribution in [2.24, 2.45) is 0 Å². The first kappa shape index (κ1) is 19.3. The average Bonchev–Trinajstić information content (AvgIpc) is 3.39. The highest BCUT2D eigenvalue weighted by Crippen LogP contribution is 2.32. The van der Waals surface area contributed by atoms with Crippen LogP contribution >= 0.6 is 11.3 Å². The highest BCUT2D eigenvalue weighted by Gasteiger charge is 2.13. The fraction of sp³-hybridized carbons (Fsp3) is 0.300.